The van der Waals surface area contributed by atoms with E-state index < -0.39 is 0 Å². The van der Waals surface area contributed by atoms with Gasteiger partial charge in [0.1, 0.15) is 0 Å². The van der Waals surface area contributed by atoms with Crippen LogP contribution in [0.2, 0.25) is 0 Å². The molecule has 1 atom stereocenters. The predicted molar refractivity (Wildman–Crippen MR) is 111 cm³/mol. The molecule has 2 aromatic heterocycles. The number of Topliss-reactive ketones (excluding diaryl/α,β-unsaturated/α-hetero) is 1. The van der Waals surface area contributed by atoms with E-state index in [4.69, 9.17) is 9.84 Å². The lowest BCUT2D eigenvalue weighted by Crippen LogP contribution is -2.22. The Morgan fingerprint density at radius 3 is 2.48 bits per heavy atom. The van der Waals surface area contributed by atoms with Crippen LogP contribution in [0.3, 0.4) is 0 Å². The number of fused-ring (bicyclic) bond motifs is 3. The van der Waals surface area contributed by atoms with Crippen molar-refractivity contribution in [3.8, 4) is 11.1 Å². The summed E-state index contributed by atoms with van der Waals surface area (Å²) in [6.07, 6.45) is 2.98. The van der Waals surface area contributed by atoms with Crippen LogP contribution in [0.4, 0.5) is 0 Å². The van der Waals surface area contributed by atoms with Gasteiger partial charge in [-0.3, -0.25) is 4.79 Å². The van der Waals surface area contributed by atoms with E-state index in [0.717, 1.165) is 34.6 Å². The van der Waals surface area contributed by atoms with Gasteiger partial charge < -0.3 is 4.74 Å². The molecule has 5 rings (SSSR count). The molecule has 0 bridgehead atoms. The summed E-state index contributed by atoms with van der Waals surface area (Å²) in [5, 5.41) is 4.83. The third kappa shape index (κ3) is 3.04. The van der Waals surface area contributed by atoms with Crippen LogP contribution in [0.5, 0.6) is 0 Å². The van der Waals surface area contributed by atoms with Gasteiger partial charge in [0.15, 0.2) is 11.4 Å². The van der Waals surface area contributed by atoms with Gasteiger partial charge in [0.2, 0.25) is 0 Å². The molecule has 0 spiro atoms. The van der Waals surface area contributed by atoms with Gasteiger partial charge in [-0.2, -0.15) is 5.10 Å². The lowest BCUT2D eigenvalue weighted by atomic mass is 9.82. The average Bonchev–Trinajstić information content (AvgIpc) is 3.14. The Kier molecular flexibility index (Phi) is 4.45. The van der Waals surface area contributed by atoms with Gasteiger partial charge in [-0.1, -0.05) is 60.7 Å². The van der Waals surface area contributed by atoms with Crippen LogP contribution in [0, 0.1) is 0 Å². The number of hydrogen-bond acceptors (Lipinski definition) is 4. The van der Waals surface area contributed by atoms with E-state index >= 15 is 0 Å². The Balaban J connectivity index is 1.70. The van der Waals surface area contributed by atoms with E-state index in [-0.39, 0.29) is 11.7 Å². The summed E-state index contributed by atoms with van der Waals surface area (Å²) >= 11 is 0. The Morgan fingerprint density at radius 1 is 1.03 bits per heavy atom. The number of ketones is 1. The molecule has 2 heterocycles. The van der Waals surface area contributed by atoms with Crippen molar-refractivity contribution < 1.29 is 9.53 Å². The quantitative estimate of drug-likeness (QED) is 0.522. The summed E-state index contributed by atoms with van der Waals surface area (Å²) < 4.78 is 7.26. The number of methoxy groups -OCH3 is 1. The van der Waals surface area contributed by atoms with Crippen molar-refractivity contribution in [3.63, 3.8) is 0 Å². The topological polar surface area (TPSA) is 56.5 Å². The minimum absolute atomic E-state index is 0.125. The molecule has 0 N–H and O–H groups in total. The zero-order valence-corrected chi connectivity index (χ0v) is 16.2. The van der Waals surface area contributed by atoms with E-state index in [9.17, 15) is 4.79 Å². The number of rotatable bonds is 4. The van der Waals surface area contributed by atoms with Gasteiger partial charge in [-0.25, -0.2) is 9.50 Å². The van der Waals surface area contributed by atoms with Crippen LogP contribution in [0.1, 0.15) is 39.6 Å². The highest BCUT2D eigenvalue weighted by atomic mass is 16.5. The standard InChI is InChI=1S/C24H21N3O2/c1-29-15-20-23(17-10-6-3-7-11-17)24-25-14-19-21(27(24)26-20)12-18(13-22(19)28)16-8-4-2-5-9-16/h2-11,14,18H,12-13,15H2,1H3/t18-/m1/s1. The fourth-order valence-corrected chi connectivity index (χ4v) is 4.24. The van der Waals surface area contributed by atoms with Crippen LogP contribution in [0.15, 0.2) is 66.9 Å². The SMILES string of the molecule is COCc1nn2c3c(cnc2c1-c1ccccc1)C(=O)C[C@H](c1ccccc1)C3. The monoisotopic (exact) mass is 383 g/mol. The molecular weight excluding hydrogens is 362 g/mol. The molecule has 0 saturated carbocycles. The molecule has 0 aliphatic heterocycles. The number of carbonyl (C=O) groups excluding carboxylic acids is 1. The van der Waals surface area contributed by atoms with Gasteiger partial charge in [0.05, 0.1) is 29.1 Å². The molecule has 0 unspecified atom stereocenters. The lowest BCUT2D eigenvalue weighted by Gasteiger charge is -2.24. The molecule has 5 heteroatoms. The molecule has 0 radical (unpaired) electrons. The van der Waals surface area contributed by atoms with Crippen LogP contribution < -0.4 is 0 Å². The van der Waals surface area contributed by atoms with Crippen LogP contribution in [-0.4, -0.2) is 27.5 Å². The predicted octanol–water partition coefficient (Wildman–Crippen LogP) is 4.46. The maximum Gasteiger partial charge on any atom is 0.166 e. The fraction of sp³-hybridized carbons (Fsp3) is 0.208. The first-order valence-corrected chi connectivity index (χ1v) is 9.78. The summed E-state index contributed by atoms with van der Waals surface area (Å²) in [6.45, 7) is 0.387. The first kappa shape index (κ1) is 17.8. The van der Waals surface area contributed by atoms with Gasteiger partial charge in [-0.05, 0) is 23.5 Å². The Hall–Kier alpha value is -3.31. The zero-order chi connectivity index (χ0) is 19.8. The molecule has 0 amide bonds. The molecule has 0 saturated heterocycles. The molecule has 1 aliphatic rings. The first-order valence-electron chi connectivity index (χ1n) is 9.78. The smallest absolute Gasteiger partial charge is 0.166 e. The number of aromatic nitrogens is 3. The minimum atomic E-state index is 0.125. The largest absolute Gasteiger partial charge is 0.378 e. The van der Waals surface area contributed by atoms with Gasteiger partial charge >= 0.3 is 0 Å². The normalized spacial score (nSPS) is 16.2. The second-order valence-electron chi connectivity index (χ2n) is 7.41. The second kappa shape index (κ2) is 7.26. The number of hydrogen-bond donors (Lipinski definition) is 0. The van der Waals surface area contributed by atoms with Crippen molar-refractivity contribution in [2.75, 3.05) is 7.11 Å². The van der Waals surface area contributed by atoms with Crippen LogP contribution in [0.25, 0.3) is 16.8 Å². The number of ether oxygens (including phenoxy) is 1. The third-order valence-corrected chi connectivity index (χ3v) is 5.60. The highest BCUT2D eigenvalue weighted by molar-refractivity contribution is 5.99. The van der Waals surface area contributed by atoms with E-state index in [2.05, 4.69) is 29.2 Å². The molecule has 5 nitrogen and oxygen atoms in total. The number of nitrogens with zero attached hydrogens (tertiary/aromatic N) is 3. The third-order valence-electron chi connectivity index (χ3n) is 5.60. The van der Waals surface area contributed by atoms with Crippen molar-refractivity contribution in [1.82, 2.24) is 14.6 Å². The molecule has 2 aromatic carbocycles. The molecule has 144 valence electrons. The van der Waals surface area contributed by atoms with E-state index in [1.165, 1.54) is 5.56 Å². The van der Waals surface area contributed by atoms with Crippen molar-refractivity contribution in [3.05, 3.63) is 89.4 Å². The lowest BCUT2D eigenvalue weighted by molar-refractivity contribution is 0.0962. The molecule has 1 aliphatic carbocycles. The average molecular weight is 383 g/mol. The Morgan fingerprint density at radius 2 is 1.76 bits per heavy atom. The summed E-state index contributed by atoms with van der Waals surface area (Å²) in [7, 11) is 1.66. The molecule has 4 aromatic rings. The Bertz CT molecular complexity index is 1180. The minimum Gasteiger partial charge on any atom is -0.378 e. The summed E-state index contributed by atoms with van der Waals surface area (Å²) in [5.41, 5.74) is 6.39. The highest BCUT2D eigenvalue weighted by Crippen LogP contribution is 2.35. The fourth-order valence-electron chi connectivity index (χ4n) is 4.24. The van der Waals surface area contributed by atoms with E-state index in [1.54, 1.807) is 13.3 Å². The summed E-state index contributed by atoms with van der Waals surface area (Å²) in [4.78, 5) is 17.5. The van der Waals surface area contributed by atoms with Gasteiger partial charge in [0, 0.05) is 19.7 Å². The van der Waals surface area contributed by atoms with Crippen molar-refractivity contribution in [2.45, 2.75) is 25.4 Å². The van der Waals surface area contributed by atoms with Crippen molar-refractivity contribution >= 4 is 11.4 Å². The summed E-state index contributed by atoms with van der Waals surface area (Å²) in [6, 6.07) is 20.3. The van der Waals surface area contributed by atoms with Crippen molar-refractivity contribution in [1.29, 1.82) is 0 Å². The van der Waals surface area contributed by atoms with Crippen LogP contribution >= 0.6 is 0 Å². The highest BCUT2D eigenvalue weighted by Gasteiger charge is 2.30. The van der Waals surface area contributed by atoms with E-state index in [1.807, 2.05) is 40.9 Å². The van der Waals surface area contributed by atoms with Gasteiger partial charge in [-0.15, -0.1) is 0 Å². The maximum absolute atomic E-state index is 12.9. The molecule has 0 fully saturated rings. The van der Waals surface area contributed by atoms with Gasteiger partial charge in [0.25, 0.3) is 0 Å². The van der Waals surface area contributed by atoms with Crippen LogP contribution in [-0.2, 0) is 17.8 Å². The zero-order valence-electron chi connectivity index (χ0n) is 16.2. The maximum atomic E-state index is 12.9. The number of carbonyl (C=O) groups is 1. The molecular formula is C24H21N3O2. The Labute approximate surface area is 169 Å². The van der Waals surface area contributed by atoms with E-state index in [0.29, 0.717) is 18.6 Å². The number of benzene rings is 2. The summed E-state index contributed by atoms with van der Waals surface area (Å²) in [5.74, 6) is 0.275. The van der Waals surface area contributed by atoms with Crippen molar-refractivity contribution in [2.24, 2.45) is 0 Å². The second-order valence-corrected chi connectivity index (χ2v) is 7.41. The first-order chi connectivity index (χ1) is 14.3. The molecule has 29 heavy (non-hydrogen) atoms.